The number of carbonyl (C=O) groups excluding carboxylic acids is 1. The van der Waals surface area contributed by atoms with E-state index >= 15 is 0 Å². The van der Waals surface area contributed by atoms with Crippen LogP contribution in [0.5, 0.6) is 0 Å². The molecule has 1 aliphatic rings. The third-order valence-corrected chi connectivity index (χ3v) is 2.10. The lowest BCUT2D eigenvalue weighted by atomic mass is 10.1. The third kappa shape index (κ3) is 2.51. The highest BCUT2D eigenvalue weighted by atomic mass is 16.5. The number of hydrogen-bond donors (Lipinski definition) is 1. The van der Waals surface area contributed by atoms with Gasteiger partial charge in [0.05, 0.1) is 12.3 Å². The number of aliphatic imine (C=N–C) groups is 1. The predicted octanol–water partition coefficient (Wildman–Crippen LogP) is 2.38. The van der Waals surface area contributed by atoms with Crippen molar-refractivity contribution in [2.75, 3.05) is 6.61 Å². The van der Waals surface area contributed by atoms with Gasteiger partial charge in [-0.2, -0.15) is 0 Å². The van der Waals surface area contributed by atoms with Gasteiger partial charge in [-0.25, -0.2) is 9.79 Å². The van der Waals surface area contributed by atoms with Crippen LogP contribution in [-0.2, 0) is 9.53 Å². The normalized spacial score (nSPS) is 18.3. The largest absolute Gasteiger partial charge is 0.505 e. The molecule has 0 radical (unpaired) electrons. The molecule has 4 nitrogen and oxygen atoms in total. The van der Waals surface area contributed by atoms with Crippen molar-refractivity contribution in [2.24, 2.45) is 10.9 Å². The van der Waals surface area contributed by atoms with Gasteiger partial charge in [-0.1, -0.05) is 19.9 Å². The van der Waals surface area contributed by atoms with E-state index in [1.165, 1.54) is 0 Å². The fourth-order valence-electron chi connectivity index (χ4n) is 1.47. The summed E-state index contributed by atoms with van der Waals surface area (Å²) in [6, 6.07) is 0. The Morgan fingerprint density at radius 1 is 1.56 bits per heavy atom. The van der Waals surface area contributed by atoms with Crippen LogP contribution in [0.1, 0.15) is 27.7 Å². The van der Waals surface area contributed by atoms with Crippen molar-refractivity contribution in [3.8, 4) is 0 Å². The van der Waals surface area contributed by atoms with E-state index < -0.39 is 5.97 Å². The summed E-state index contributed by atoms with van der Waals surface area (Å²) in [5, 5.41) is 9.86. The van der Waals surface area contributed by atoms with Gasteiger partial charge in [-0.05, 0) is 19.8 Å². The monoisotopic (exact) mass is 223 g/mol. The second kappa shape index (κ2) is 4.96. The van der Waals surface area contributed by atoms with Crippen LogP contribution in [0.25, 0.3) is 0 Å². The zero-order valence-corrected chi connectivity index (χ0v) is 10.1. The highest BCUT2D eigenvalue weighted by Crippen LogP contribution is 2.25. The maximum atomic E-state index is 11.5. The fourth-order valence-corrected chi connectivity index (χ4v) is 1.47. The van der Waals surface area contributed by atoms with Gasteiger partial charge in [0.1, 0.15) is 11.3 Å². The molecule has 1 N–H and O–H groups in total. The Morgan fingerprint density at radius 3 is 2.69 bits per heavy atom. The smallest absolute Gasteiger partial charge is 0.343 e. The lowest BCUT2D eigenvalue weighted by molar-refractivity contribution is -0.138. The summed E-state index contributed by atoms with van der Waals surface area (Å²) < 4.78 is 4.86. The topological polar surface area (TPSA) is 58.9 Å². The van der Waals surface area contributed by atoms with Crippen molar-refractivity contribution < 1.29 is 14.6 Å². The summed E-state index contributed by atoms with van der Waals surface area (Å²) in [4.78, 5) is 15.7. The summed E-state index contributed by atoms with van der Waals surface area (Å²) >= 11 is 0. The van der Waals surface area contributed by atoms with Gasteiger partial charge in [0, 0.05) is 0 Å². The number of ether oxygens (including phenoxy) is 1. The van der Waals surface area contributed by atoms with E-state index in [1.54, 1.807) is 13.8 Å². The molecule has 0 aromatic carbocycles. The van der Waals surface area contributed by atoms with Crippen LogP contribution in [0.3, 0.4) is 0 Å². The maximum Gasteiger partial charge on any atom is 0.343 e. The average molecular weight is 223 g/mol. The Bertz CT molecular complexity index is 389. The van der Waals surface area contributed by atoms with Crippen molar-refractivity contribution in [2.45, 2.75) is 27.7 Å². The number of carbonyl (C=O) groups is 1. The molecule has 0 amide bonds. The number of esters is 1. The highest BCUT2D eigenvalue weighted by molar-refractivity contribution is 6.21. The van der Waals surface area contributed by atoms with Crippen molar-refractivity contribution in [1.82, 2.24) is 0 Å². The Kier molecular flexibility index (Phi) is 3.88. The summed E-state index contributed by atoms with van der Waals surface area (Å²) in [6.45, 7) is 7.65. The molecule has 1 heterocycles. The highest BCUT2D eigenvalue weighted by Gasteiger charge is 2.27. The zero-order valence-electron chi connectivity index (χ0n) is 10.1. The molecule has 0 saturated heterocycles. The molecular formula is C12H17NO3. The van der Waals surface area contributed by atoms with E-state index in [9.17, 15) is 9.90 Å². The SMILES string of the molecule is CCOC(=O)C1=C(O)/C(=C/C(C)C)N=C1C. The van der Waals surface area contributed by atoms with Crippen molar-refractivity contribution in [3.05, 3.63) is 23.1 Å². The van der Waals surface area contributed by atoms with E-state index in [2.05, 4.69) is 4.99 Å². The van der Waals surface area contributed by atoms with Gasteiger partial charge in [-0.15, -0.1) is 0 Å². The fraction of sp³-hybridized carbons (Fsp3) is 0.500. The van der Waals surface area contributed by atoms with E-state index in [0.29, 0.717) is 11.4 Å². The second-order valence-electron chi connectivity index (χ2n) is 3.94. The molecular weight excluding hydrogens is 206 g/mol. The number of hydrogen-bond acceptors (Lipinski definition) is 4. The van der Waals surface area contributed by atoms with Gasteiger partial charge < -0.3 is 9.84 Å². The molecule has 4 heteroatoms. The van der Waals surface area contributed by atoms with Crippen LogP contribution in [0.4, 0.5) is 0 Å². The number of rotatable bonds is 3. The molecule has 0 fully saturated rings. The molecule has 0 aromatic heterocycles. The van der Waals surface area contributed by atoms with E-state index in [1.807, 2.05) is 19.9 Å². The molecule has 88 valence electrons. The molecule has 0 atom stereocenters. The second-order valence-corrected chi connectivity index (χ2v) is 3.94. The Morgan fingerprint density at radius 2 is 2.19 bits per heavy atom. The standard InChI is InChI=1S/C12H17NO3/c1-5-16-12(15)10-8(4)13-9(11(10)14)6-7(2)3/h6-7,14H,5H2,1-4H3/b9-6-. The lowest BCUT2D eigenvalue weighted by Gasteiger charge is -2.03. The molecule has 1 aliphatic heterocycles. The van der Waals surface area contributed by atoms with Gasteiger partial charge in [0.15, 0.2) is 5.76 Å². The van der Waals surface area contributed by atoms with Crippen molar-refractivity contribution in [1.29, 1.82) is 0 Å². The van der Waals surface area contributed by atoms with Crippen molar-refractivity contribution >= 4 is 11.7 Å². The maximum absolute atomic E-state index is 11.5. The van der Waals surface area contributed by atoms with Crippen LogP contribution >= 0.6 is 0 Å². The molecule has 0 aromatic rings. The van der Waals surface area contributed by atoms with Gasteiger partial charge >= 0.3 is 5.97 Å². The Labute approximate surface area is 95.3 Å². The summed E-state index contributed by atoms with van der Waals surface area (Å²) in [7, 11) is 0. The number of allylic oxidation sites excluding steroid dienone is 1. The molecule has 1 rings (SSSR count). The van der Waals surface area contributed by atoms with Gasteiger partial charge in [-0.3, -0.25) is 0 Å². The van der Waals surface area contributed by atoms with Crippen LogP contribution in [0.2, 0.25) is 0 Å². The summed E-state index contributed by atoms with van der Waals surface area (Å²) in [5.74, 6) is -0.340. The molecule has 0 unspecified atom stereocenters. The van der Waals surface area contributed by atoms with E-state index in [0.717, 1.165) is 0 Å². The minimum atomic E-state index is -0.520. The number of aliphatic hydroxyl groups excluding tert-OH is 1. The van der Waals surface area contributed by atoms with Crippen LogP contribution in [-0.4, -0.2) is 23.4 Å². The van der Waals surface area contributed by atoms with Crippen LogP contribution < -0.4 is 0 Å². The first kappa shape index (κ1) is 12.5. The lowest BCUT2D eigenvalue weighted by Crippen LogP contribution is -2.13. The third-order valence-electron chi connectivity index (χ3n) is 2.10. The van der Waals surface area contributed by atoms with E-state index in [-0.39, 0.29) is 23.9 Å². The average Bonchev–Trinajstić information content (AvgIpc) is 2.41. The zero-order chi connectivity index (χ0) is 12.3. The number of nitrogens with zero attached hydrogens (tertiary/aromatic N) is 1. The van der Waals surface area contributed by atoms with Crippen LogP contribution in [0.15, 0.2) is 28.1 Å². The first-order valence-electron chi connectivity index (χ1n) is 5.35. The van der Waals surface area contributed by atoms with Gasteiger partial charge in [0.25, 0.3) is 0 Å². The Hall–Kier alpha value is -1.58. The predicted molar refractivity (Wildman–Crippen MR) is 62.3 cm³/mol. The summed E-state index contributed by atoms with van der Waals surface area (Å²) in [6.07, 6.45) is 1.81. The molecule has 0 bridgehead atoms. The molecule has 0 spiro atoms. The first-order chi connectivity index (χ1) is 7.47. The van der Waals surface area contributed by atoms with Gasteiger partial charge in [0.2, 0.25) is 0 Å². The summed E-state index contributed by atoms with van der Waals surface area (Å²) in [5.41, 5.74) is 1.13. The molecule has 0 aliphatic carbocycles. The quantitative estimate of drug-likeness (QED) is 0.747. The van der Waals surface area contributed by atoms with Crippen molar-refractivity contribution in [3.63, 3.8) is 0 Å². The van der Waals surface area contributed by atoms with E-state index in [4.69, 9.17) is 4.74 Å². The Balaban J connectivity index is 3.06. The minimum Gasteiger partial charge on any atom is -0.505 e. The number of aliphatic hydroxyl groups is 1. The molecule has 16 heavy (non-hydrogen) atoms. The molecule has 0 saturated carbocycles. The first-order valence-corrected chi connectivity index (χ1v) is 5.35. The minimum absolute atomic E-state index is 0.0790. The van der Waals surface area contributed by atoms with Crippen LogP contribution in [0, 0.1) is 5.92 Å².